The number of fused-ring (bicyclic) bond motifs is 1. The third kappa shape index (κ3) is 1.82. The van der Waals surface area contributed by atoms with Crippen molar-refractivity contribution in [3.05, 3.63) is 48.2 Å². The number of nitrogens with zero attached hydrogens (tertiary/aromatic N) is 4. The predicted molar refractivity (Wildman–Crippen MR) is 77.8 cm³/mol. The van der Waals surface area contributed by atoms with Crippen LogP contribution in [0.2, 0.25) is 0 Å². The van der Waals surface area contributed by atoms with Crippen molar-refractivity contribution in [3.63, 3.8) is 0 Å². The maximum Gasteiger partial charge on any atom is 0.137 e. The number of rotatable bonds is 2. The lowest BCUT2D eigenvalue weighted by Crippen LogP contribution is -2.45. The van der Waals surface area contributed by atoms with Crippen LogP contribution in [0.15, 0.2) is 36.8 Å². The summed E-state index contributed by atoms with van der Waals surface area (Å²) in [5.41, 5.74) is 3.24. The van der Waals surface area contributed by atoms with Crippen molar-refractivity contribution in [2.24, 2.45) is 0 Å². The van der Waals surface area contributed by atoms with Gasteiger partial charge < -0.3 is 9.88 Å². The third-order valence-electron chi connectivity index (χ3n) is 3.85. The van der Waals surface area contributed by atoms with E-state index in [-0.39, 0.29) is 0 Å². The van der Waals surface area contributed by atoms with Gasteiger partial charge in [0.05, 0.1) is 0 Å². The van der Waals surface area contributed by atoms with Gasteiger partial charge >= 0.3 is 0 Å². The molecule has 0 amide bonds. The van der Waals surface area contributed by atoms with Crippen molar-refractivity contribution < 1.29 is 0 Å². The summed E-state index contributed by atoms with van der Waals surface area (Å²) >= 11 is 0. The Morgan fingerprint density at radius 2 is 2.10 bits per heavy atom. The second kappa shape index (κ2) is 4.30. The van der Waals surface area contributed by atoms with Gasteiger partial charge in [-0.2, -0.15) is 0 Å². The molecule has 1 N–H and O–H groups in total. The van der Waals surface area contributed by atoms with Gasteiger partial charge in [0.25, 0.3) is 0 Å². The third-order valence-corrected chi connectivity index (χ3v) is 3.85. The van der Waals surface area contributed by atoms with Gasteiger partial charge in [0.1, 0.15) is 17.8 Å². The molecule has 4 heterocycles. The molecule has 0 radical (unpaired) electrons. The minimum absolute atomic E-state index is 0.527. The van der Waals surface area contributed by atoms with E-state index >= 15 is 0 Å². The van der Waals surface area contributed by atoms with Gasteiger partial charge in [-0.3, -0.25) is 0 Å². The Bertz CT molecular complexity index is 725. The number of aryl methyl sites for hydroxylation is 1. The van der Waals surface area contributed by atoms with Crippen molar-refractivity contribution in [1.82, 2.24) is 19.9 Å². The molecule has 0 atom stereocenters. The SMILES string of the molecule is Cc1cc(N2CC(c3cc4cccnc4[nH]3)C2)ncn1. The lowest BCUT2D eigenvalue weighted by atomic mass is 9.96. The Balaban J connectivity index is 1.53. The number of aromatic nitrogens is 4. The zero-order valence-electron chi connectivity index (χ0n) is 11.2. The maximum atomic E-state index is 4.34. The molecular formula is C15H15N5. The summed E-state index contributed by atoms with van der Waals surface area (Å²) < 4.78 is 0. The zero-order valence-corrected chi connectivity index (χ0v) is 11.2. The molecule has 0 aliphatic carbocycles. The highest BCUT2D eigenvalue weighted by molar-refractivity contribution is 5.76. The number of H-pyrrole nitrogens is 1. The van der Waals surface area contributed by atoms with Gasteiger partial charge in [0.2, 0.25) is 0 Å². The van der Waals surface area contributed by atoms with Gasteiger partial charge in [0, 0.05) is 48.0 Å². The molecular weight excluding hydrogens is 250 g/mol. The smallest absolute Gasteiger partial charge is 0.137 e. The van der Waals surface area contributed by atoms with E-state index in [0.717, 1.165) is 30.2 Å². The Morgan fingerprint density at radius 1 is 1.20 bits per heavy atom. The first-order valence-corrected chi connectivity index (χ1v) is 6.77. The minimum Gasteiger partial charge on any atom is -0.355 e. The van der Waals surface area contributed by atoms with Gasteiger partial charge in [-0.05, 0) is 25.1 Å². The van der Waals surface area contributed by atoms with E-state index in [0.29, 0.717) is 5.92 Å². The molecule has 100 valence electrons. The zero-order chi connectivity index (χ0) is 13.5. The highest BCUT2D eigenvalue weighted by Crippen LogP contribution is 2.31. The summed E-state index contributed by atoms with van der Waals surface area (Å²) in [5.74, 6) is 1.54. The molecule has 20 heavy (non-hydrogen) atoms. The number of nitrogens with one attached hydrogen (secondary N) is 1. The summed E-state index contributed by atoms with van der Waals surface area (Å²) in [7, 11) is 0. The van der Waals surface area contributed by atoms with Crippen molar-refractivity contribution in [3.8, 4) is 0 Å². The van der Waals surface area contributed by atoms with Crippen LogP contribution in [0.1, 0.15) is 17.3 Å². The Hall–Kier alpha value is -2.43. The minimum atomic E-state index is 0.527. The van der Waals surface area contributed by atoms with Crippen LogP contribution in [0.5, 0.6) is 0 Å². The van der Waals surface area contributed by atoms with Crippen LogP contribution in [0, 0.1) is 6.92 Å². The van der Waals surface area contributed by atoms with E-state index in [9.17, 15) is 0 Å². The number of hydrogen-bond donors (Lipinski definition) is 1. The van der Waals surface area contributed by atoms with Crippen LogP contribution in [0.3, 0.4) is 0 Å². The molecule has 0 aromatic carbocycles. The standard InChI is InChI=1S/C15H15N5/c1-10-5-14(18-9-17-10)20-7-12(8-20)13-6-11-3-2-4-16-15(11)19-13/h2-6,9,12H,7-8H2,1H3,(H,16,19). The molecule has 1 aliphatic heterocycles. The lowest BCUT2D eigenvalue weighted by molar-refractivity contribution is 0.511. The van der Waals surface area contributed by atoms with Crippen molar-refractivity contribution in [1.29, 1.82) is 0 Å². The number of aromatic amines is 1. The topological polar surface area (TPSA) is 57.7 Å². The number of hydrogen-bond acceptors (Lipinski definition) is 4. The monoisotopic (exact) mass is 265 g/mol. The van der Waals surface area contributed by atoms with E-state index in [1.807, 2.05) is 25.3 Å². The van der Waals surface area contributed by atoms with Crippen LogP contribution in [-0.4, -0.2) is 33.0 Å². The van der Waals surface area contributed by atoms with Crippen LogP contribution in [-0.2, 0) is 0 Å². The quantitative estimate of drug-likeness (QED) is 0.772. The fourth-order valence-electron chi connectivity index (χ4n) is 2.67. The first kappa shape index (κ1) is 11.4. The van der Waals surface area contributed by atoms with Crippen molar-refractivity contribution in [2.45, 2.75) is 12.8 Å². The second-order valence-corrected chi connectivity index (χ2v) is 5.29. The molecule has 5 nitrogen and oxygen atoms in total. The van der Waals surface area contributed by atoms with Crippen molar-refractivity contribution >= 4 is 16.9 Å². The van der Waals surface area contributed by atoms with Gasteiger partial charge in [-0.15, -0.1) is 0 Å². The predicted octanol–water partition coefficient (Wildman–Crippen LogP) is 2.27. The lowest BCUT2D eigenvalue weighted by Gasteiger charge is -2.39. The second-order valence-electron chi connectivity index (χ2n) is 5.29. The first-order valence-electron chi connectivity index (χ1n) is 6.77. The molecule has 4 rings (SSSR count). The van der Waals surface area contributed by atoms with Crippen LogP contribution < -0.4 is 4.90 Å². The molecule has 3 aromatic heterocycles. The van der Waals surface area contributed by atoms with Crippen LogP contribution >= 0.6 is 0 Å². The van der Waals surface area contributed by atoms with Gasteiger partial charge in [-0.1, -0.05) is 0 Å². The fourth-order valence-corrected chi connectivity index (χ4v) is 2.67. The van der Waals surface area contributed by atoms with E-state index in [2.05, 4.69) is 37.0 Å². The molecule has 0 spiro atoms. The highest BCUT2D eigenvalue weighted by atomic mass is 15.2. The Labute approximate surface area is 116 Å². The summed E-state index contributed by atoms with van der Waals surface area (Å²) in [6.45, 7) is 3.97. The molecule has 1 aliphatic rings. The van der Waals surface area contributed by atoms with Gasteiger partial charge in [-0.25, -0.2) is 15.0 Å². The average Bonchev–Trinajstić information content (AvgIpc) is 2.80. The molecule has 1 fully saturated rings. The Morgan fingerprint density at radius 3 is 2.90 bits per heavy atom. The normalized spacial score (nSPS) is 15.6. The van der Waals surface area contributed by atoms with Gasteiger partial charge in [0.15, 0.2) is 0 Å². The molecule has 1 saturated heterocycles. The molecule has 3 aromatic rings. The molecule has 0 bridgehead atoms. The number of anilines is 1. The summed E-state index contributed by atoms with van der Waals surface area (Å²) in [4.78, 5) is 18.5. The number of pyridine rings is 1. The molecule has 0 saturated carbocycles. The van der Waals surface area contributed by atoms with E-state index in [1.165, 1.54) is 11.1 Å². The Kier molecular flexibility index (Phi) is 2.45. The molecule has 0 unspecified atom stereocenters. The molecule has 5 heteroatoms. The highest BCUT2D eigenvalue weighted by Gasteiger charge is 2.30. The first-order chi connectivity index (χ1) is 9.79. The summed E-state index contributed by atoms with van der Waals surface area (Å²) in [5, 5.41) is 1.18. The maximum absolute atomic E-state index is 4.34. The fraction of sp³-hybridized carbons (Fsp3) is 0.267. The largest absolute Gasteiger partial charge is 0.355 e. The van der Waals surface area contributed by atoms with E-state index in [4.69, 9.17) is 0 Å². The van der Waals surface area contributed by atoms with Crippen LogP contribution in [0.4, 0.5) is 5.82 Å². The van der Waals surface area contributed by atoms with E-state index < -0.39 is 0 Å². The van der Waals surface area contributed by atoms with Crippen LogP contribution in [0.25, 0.3) is 11.0 Å². The summed E-state index contributed by atoms with van der Waals surface area (Å²) in [6.07, 6.45) is 3.45. The average molecular weight is 265 g/mol. The summed E-state index contributed by atoms with van der Waals surface area (Å²) in [6, 6.07) is 8.29. The van der Waals surface area contributed by atoms with Crippen molar-refractivity contribution in [2.75, 3.05) is 18.0 Å². The van der Waals surface area contributed by atoms with E-state index in [1.54, 1.807) is 6.33 Å².